The Morgan fingerprint density at radius 3 is 2.57 bits per heavy atom. The van der Waals surface area contributed by atoms with Gasteiger partial charge in [-0.05, 0) is 37.1 Å². The normalized spacial score (nSPS) is 12.0. The van der Waals surface area contributed by atoms with Crippen molar-refractivity contribution in [2.75, 3.05) is 17.7 Å². The van der Waals surface area contributed by atoms with Crippen molar-refractivity contribution >= 4 is 11.4 Å². The summed E-state index contributed by atoms with van der Waals surface area (Å²) in [5.74, 6) is 0.524. The molecular weight excluding hydrogens is 267 g/mol. The molecule has 3 N–H and O–H groups in total. The van der Waals surface area contributed by atoms with Crippen molar-refractivity contribution in [3.05, 3.63) is 53.8 Å². The molecule has 0 heterocycles. The van der Waals surface area contributed by atoms with Crippen LogP contribution in [-0.2, 0) is 0 Å². The zero-order valence-electron chi connectivity index (χ0n) is 12.4. The Hall–Kier alpha value is -2.23. The van der Waals surface area contributed by atoms with Crippen LogP contribution >= 0.6 is 0 Å². The van der Waals surface area contributed by atoms with Crippen molar-refractivity contribution in [3.63, 3.8) is 0 Å². The van der Waals surface area contributed by atoms with E-state index in [2.05, 4.69) is 12.2 Å². The lowest BCUT2D eigenvalue weighted by atomic mass is 10.1. The smallest absolute Gasteiger partial charge is 0.123 e. The molecule has 1 atom stereocenters. The standard InChI is InChI=1S/C17H21FN2O/c1-3-8-21-17-10-15(19)9-16(11-17)20-12(2)13-4-6-14(18)7-5-13/h4-7,9-12,20H,3,8,19H2,1-2H3. The van der Waals surface area contributed by atoms with E-state index in [9.17, 15) is 4.39 Å². The third-order valence-electron chi connectivity index (χ3n) is 3.15. The summed E-state index contributed by atoms with van der Waals surface area (Å²) in [5.41, 5.74) is 8.44. The SMILES string of the molecule is CCCOc1cc(N)cc(NC(C)c2ccc(F)cc2)c1. The van der Waals surface area contributed by atoms with Crippen molar-refractivity contribution in [2.24, 2.45) is 0 Å². The highest BCUT2D eigenvalue weighted by molar-refractivity contribution is 5.59. The molecule has 4 heteroatoms. The summed E-state index contributed by atoms with van der Waals surface area (Å²) < 4.78 is 18.6. The monoisotopic (exact) mass is 288 g/mol. The predicted molar refractivity (Wildman–Crippen MR) is 85.1 cm³/mol. The summed E-state index contributed by atoms with van der Waals surface area (Å²) in [4.78, 5) is 0. The van der Waals surface area contributed by atoms with Crippen molar-refractivity contribution < 1.29 is 9.13 Å². The van der Waals surface area contributed by atoms with Gasteiger partial charge in [-0.25, -0.2) is 4.39 Å². The molecule has 0 bridgehead atoms. The Labute approximate surface area is 124 Å². The van der Waals surface area contributed by atoms with E-state index >= 15 is 0 Å². The van der Waals surface area contributed by atoms with E-state index in [0.717, 1.165) is 23.4 Å². The highest BCUT2D eigenvalue weighted by Crippen LogP contribution is 2.26. The third kappa shape index (κ3) is 4.38. The number of rotatable bonds is 6. The number of hydrogen-bond donors (Lipinski definition) is 2. The van der Waals surface area contributed by atoms with Crippen molar-refractivity contribution in [3.8, 4) is 5.75 Å². The molecule has 1 unspecified atom stereocenters. The average Bonchev–Trinajstić information content (AvgIpc) is 2.45. The molecule has 0 aliphatic heterocycles. The van der Waals surface area contributed by atoms with Crippen molar-refractivity contribution in [2.45, 2.75) is 26.3 Å². The number of nitrogens with two attached hydrogens (primary N) is 1. The first kappa shape index (κ1) is 15.2. The largest absolute Gasteiger partial charge is 0.493 e. The topological polar surface area (TPSA) is 47.3 Å². The summed E-state index contributed by atoms with van der Waals surface area (Å²) in [5, 5.41) is 3.35. The van der Waals surface area contributed by atoms with Gasteiger partial charge < -0.3 is 15.8 Å². The molecule has 0 amide bonds. The van der Waals surface area contributed by atoms with E-state index in [0.29, 0.717) is 12.3 Å². The number of nitrogen functional groups attached to an aromatic ring is 1. The molecule has 0 saturated carbocycles. The Morgan fingerprint density at radius 1 is 1.19 bits per heavy atom. The van der Waals surface area contributed by atoms with Crippen molar-refractivity contribution in [1.29, 1.82) is 0 Å². The van der Waals surface area contributed by atoms with Gasteiger partial charge >= 0.3 is 0 Å². The van der Waals surface area contributed by atoms with Crippen LogP contribution in [0.1, 0.15) is 31.9 Å². The lowest BCUT2D eigenvalue weighted by Crippen LogP contribution is -2.07. The Bertz CT molecular complexity index is 584. The van der Waals surface area contributed by atoms with E-state index in [1.165, 1.54) is 12.1 Å². The maximum absolute atomic E-state index is 12.9. The van der Waals surface area contributed by atoms with Crippen LogP contribution in [0.2, 0.25) is 0 Å². The molecule has 21 heavy (non-hydrogen) atoms. The molecule has 2 aromatic rings. The second-order valence-corrected chi connectivity index (χ2v) is 5.06. The molecule has 0 radical (unpaired) electrons. The van der Waals surface area contributed by atoms with E-state index in [4.69, 9.17) is 10.5 Å². The molecule has 2 rings (SSSR count). The van der Waals surface area contributed by atoms with E-state index in [1.807, 2.05) is 25.1 Å². The molecule has 112 valence electrons. The Balaban J connectivity index is 2.10. The first-order valence-electron chi connectivity index (χ1n) is 7.14. The Morgan fingerprint density at radius 2 is 1.90 bits per heavy atom. The van der Waals surface area contributed by atoms with Crippen LogP contribution in [0.15, 0.2) is 42.5 Å². The van der Waals surface area contributed by atoms with Gasteiger partial charge in [0.05, 0.1) is 6.61 Å². The van der Waals surface area contributed by atoms with Gasteiger partial charge in [0.15, 0.2) is 0 Å². The minimum atomic E-state index is -0.231. The number of nitrogens with one attached hydrogen (secondary N) is 1. The quantitative estimate of drug-likeness (QED) is 0.776. The van der Waals surface area contributed by atoms with Gasteiger partial charge in [0.2, 0.25) is 0 Å². The fourth-order valence-corrected chi connectivity index (χ4v) is 2.09. The van der Waals surface area contributed by atoms with Crippen molar-refractivity contribution in [1.82, 2.24) is 0 Å². The minimum absolute atomic E-state index is 0.0476. The summed E-state index contributed by atoms with van der Waals surface area (Å²) in [6.45, 7) is 4.74. The summed E-state index contributed by atoms with van der Waals surface area (Å²) in [6.07, 6.45) is 0.948. The molecule has 0 aromatic heterocycles. The summed E-state index contributed by atoms with van der Waals surface area (Å²) >= 11 is 0. The fraction of sp³-hybridized carbons (Fsp3) is 0.294. The van der Waals surface area contributed by atoms with Crippen LogP contribution in [-0.4, -0.2) is 6.61 Å². The second-order valence-electron chi connectivity index (χ2n) is 5.06. The van der Waals surface area contributed by atoms with Crippen LogP contribution in [0.4, 0.5) is 15.8 Å². The molecule has 0 spiro atoms. The lowest BCUT2D eigenvalue weighted by Gasteiger charge is -2.17. The van der Waals surface area contributed by atoms with Crippen LogP contribution in [0.3, 0.4) is 0 Å². The first-order valence-corrected chi connectivity index (χ1v) is 7.14. The number of benzene rings is 2. The van der Waals surface area contributed by atoms with E-state index in [1.54, 1.807) is 12.1 Å². The number of hydrogen-bond acceptors (Lipinski definition) is 3. The molecule has 3 nitrogen and oxygen atoms in total. The third-order valence-corrected chi connectivity index (χ3v) is 3.15. The van der Waals surface area contributed by atoms with Gasteiger partial charge in [-0.1, -0.05) is 19.1 Å². The van der Waals surface area contributed by atoms with Gasteiger partial charge in [0.1, 0.15) is 11.6 Å². The molecule has 0 aliphatic carbocycles. The Kier molecular flexibility index (Phi) is 5.04. The predicted octanol–water partition coefficient (Wildman–Crippen LogP) is 4.37. The molecule has 0 saturated heterocycles. The molecule has 0 fully saturated rings. The molecular formula is C17H21FN2O. The maximum atomic E-state index is 12.9. The number of anilines is 2. The van der Waals surface area contributed by atoms with Gasteiger partial charge in [-0.2, -0.15) is 0 Å². The van der Waals surface area contributed by atoms with Crippen LogP contribution in [0, 0.1) is 5.82 Å². The highest BCUT2D eigenvalue weighted by atomic mass is 19.1. The number of ether oxygens (including phenoxy) is 1. The zero-order valence-corrected chi connectivity index (χ0v) is 12.4. The zero-order chi connectivity index (χ0) is 15.2. The molecule has 2 aromatic carbocycles. The van der Waals surface area contributed by atoms with E-state index < -0.39 is 0 Å². The van der Waals surface area contributed by atoms with E-state index in [-0.39, 0.29) is 11.9 Å². The number of halogens is 1. The van der Waals surface area contributed by atoms with Crippen LogP contribution in [0.5, 0.6) is 5.75 Å². The minimum Gasteiger partial charge on any atom is -0.493 e. The summed E-state index contributed by atoms with van der Waals surface area (Å²) in [6, 6.07) is 12.1. The average molecular weight is 288 g/mol. The fourth-order valence-electron chi connectivity index (χ4n) is 2.09. The second kappa shape index (κ2) is 6.97. The van der Waals surface area contributed by atoms with Crippen LogP contribution in [0.25, 0.3) is 0 Å². The highest BCUT2D eigenvalue weighted by Gasteiger charge is 2.07. The van der Waals surface area contributed by atoms with Gasteiger partial charge in [-0.15, -0.1) is 0 Å². The maximum Gasteiger partial charge on any atom is 0.123 e. The van der Waals surface area contributed by atoms with Crippen LogP contribution < -0.4 is 15.8 Å². The van der Waals surface area contributed by atoms with Gasteiger partial charge in [-0.3, -0.25) is 0 Å². The summed E-state index contributed by atoms with van der Waals surface area (Å²) in [7, 11) is 0. The molecule has 0 aliphatic rings. The van der Waals surface area contributed by atoms with Gasteiger partial charge in [0, 0.05) is 29.5 Å². The van der Waals surface area contributed by atoms with Gasteiger partial charge in [0.25, 0.3) is 0 Å². The first-order chi connectivity index (χ1) is 10.1. The lowest BCUT2D eigenvalue weighted by molar-refractivity contribution is 0.318.